The smallest absolute Gasteiger partial charge is 0.297 e. The van der Waals surface area contributed by atoms with Gasteiger partial charge in [0.2, 0.25) is 0 Å². The summed E-state index contributed by atoms with van der Waals surface area (Å²) in [6.07, 6.45) is 20.7. The van der Waals surface area contributed by atoms with Gasteiger partial charge in [-0.25, -0.2) is 0 Å². The van der Waals surface area contributed by atoms with Gasteiger partial charge in [-0.15, -0.1) is 0 Å². The van der Waals surface area contributed by atoms with Crippen LogP contribution in [0.5, 0.6) is 0 Å². The van der Waals surface area contributed by atoms with E-state index >= 15 is 0 Å². The predicted molar refractivity (Wildman–Crippen MR) is 88.8 cm³/mol. The summed E-state index contributed by atoms with van der Waals surface area (Å²) in [6, 6.07) is 0. The van der Waals surface area contributed by atoms with E-state index in [1.165, 1.54) is 77.0 Å². The summed E-state index contributed by atoms with van der Waals surface area (Å²) >= 11 is 0. The molecule has 3 nitrogen and oxygen atoms in total. The van der Waals surface area contributed by atoms with Crippen LogP contribution >= 0.6 is 0 Å². The first-order chi connectivity index (χ1) is 10.1. The highest BCUT2D eigenvalue weighted by Crippen LogP contribution is 2.13. The molecule has 3 N–H and O–H groups in total. The monoisotopic (exact) mass is 300 g/mol. The van der Waals surface area contributed by atoms with Gasteiger partial charge in [0.05, 0.1) is 0 Å². The number of hydrogen-bond acceptors (Lipinski definition) is 3. The van der Waals surface area contributed by atoms with Gasteiger partial charge < -0.3 is 15.3 Å². The molecule has 0 spiro atoms. The van der Waals surface area contributed by atoms with E-state index < -0.39 is 5.97 Å². The van der Waals surface area contributed by atoms with Gasteiger partial charge in [-0.2, -0.15) is 0 Å². The molecule has 3 heteroatoms. The summed E-state index contributed by atoms with van der Waals surface area (Å²) in [5.41, 5.74) is 0. The minimum atomic E-state index is -2.64. The fourth-order valence-electron chi connectivity index (χ4n) is 2.52. The van der Waals surface area contributed by atoms with Gasteiger partial charge in [0.15, 0.2) is 0 Å². The summed E-state index contributed by atoms with van der Waals surface area (Å²) in [5, 5.41) is 25.9. The van der Waals surface area contributed by atoms with Crippen LogP contribution in [-0.4, -0.2) is 21.3 Å². The lowest BCUT2D eigenvalue weighted by molar-refractivity contribution is -0.273. The van der Waals surface area contributed by atoms with Crippen molar-refractivity contribution in [3.05, 3.63) is 12.2 Å². The maximum atomic E-state index is 8.65. The van der Waals surface area contributed by atoms with Crippen LogP contribution in [0.15, 0.2) is 12.2 Å². The zero-order valence-corrected chi connectivity index (χ0v) is 13.9. The highest BCUT2D eigenvalue weighted by atomic mass is 16.7. The third-order valence-electron chi connectivity index (χ3n) is 3.82. The molecule has 0 rings (SSSR count). The summed E-state index contributed by atoms with van der Waals surface area (Å²) in [5.74, 6) is -2.64. The molecule has 0 amide bonds. The van der Waals surface area contributed by atoms with Gasteiger partial charge in [0, 0.05) is 0 Å². The van der Waals surface area contributed by atoms with Crippen LogP contribution in [0.25, 0.3) is 0 Å². The van der Waals surface area contributed by atoms with Gasteiger partial charge >= 0.3 is 0 Å². The molecule has 0 unspecified atom stereocenters. The molecule has 0 heterocycles. The standard InChI is InChI=1S/C18H36O3/c1-2-3-4-5-6-7-8-9-10-11-12-13-14-15-16-17-18(19,20)21/h16-17,19-21H,2-15H2,1H3/b17-16+. The van der Waals surface area contributed by atoms with E-state index in [1.807, 2.05) is 0 Å². The topological polar surface area (TPSA) is 60.7 Å². The summed E-state index contributed by atoms with van der Waals surface area (Å²) in [6.45, 7) is 2.26. The lowest BCUT2D eigenvalue weighted by Gasteiger charge is -2.06. The average Bonchev–Trinajstić information content (AvgIpc) is 2.42. The van der Waals surface area contributed by atoms with Gasteiger partial charge in [-0.1, -0.05) is 90.0 Å². The molecule has 0 fully saturated rings. The highest BCUT2D eigenvalue weighted by Gasteiger charge is 2.10. The third kappa shape index (κ3) is 19.6. The number of hydrogen-bond donors (Lipinski definition) is 3. The minimum absolute atomic E-state index is 0.793. The molecule has 126 valence electrons. The minimum Gasteiger partial charge on any atom is -0.340 e. The Kier molecular flexibility index (Phi) is 14.3. The Hall–Kier alpha value is -0.380. The molecular weight excluding hydrogens is 264 g/mol. The van der Waals surface area contributed by atoms with E-state index in [0.29, 0.717) is 0 Å². The lowest BCUT2D eigenvalue weighted by Crippen LogP contribution is -2.23. The van der Waals surface area contributed by atoms with Crippen molar-refractivity contribution in [1.82, 2.24) is 0 Å². The predicted octanol–water partition coefficient (Wildman–Crippen LogP) is 4.65. The van der Waals surface area contributed by atoms with Crippen LogP contribution in [0.3, 0.4) is 0 Å². The highest BCUT2D eigenvalue weighted by molar-refractivity contribution is 4.87. The average molecular weight is 300 g/mol. The molecule has 0 aliphatic rings. The Labute approximate surface area is 131 Å². The van der Waals surface area contributed by atoms with Gasteiger partial charge in [0.25, 0.3) is 5.97 Å². The van der Waals surface area contributed by atoms with Crippen LogP contribution in [0.2, 0.25) is 0 Å². The van der Waals surface area contributed by atoms with Crippen LogP contribution in [0.1, 0.15) is 96.8 Å². The zero-order chi connectivity index (χ0) is 15.8. The molecule has 0 aromatic heterocycles. The quantitative estimate of drug-likeness (QED) is 0.234. The molecule has 0 aliphatic carbocycles. The Morgan fingerprint density at radius 3 is 1.38 bits per heavy atom. The van der Waals surface area contributed by atoms with Gasteiger partial charge in [-0.05, 0) is 18.9 Å². The largest absolute Gasteiger partial charge is 0.340 e. The van der Waals surface area contributed by atoms with Crippen molar-refractivity contribution in [3.8, 4) is 0 Å². The van der Waals surface area contributed by atoms with E-state index in [2.05, 4.69) is 6.92 Å². The first-order valence-corrected chi connectivity index (χ1v) is 8.91. The third-order valence-corrected chi connectivity index (χ3v) is 3.82. The SMILES string of the molecule is CCCCCCCCCCCCCCC/C=C/C(O)(O)O. The number of aliphatic hydroxyl groups is 3. The van der Waals surface area contributed by atoms with Crippen LogP contribution < -0.4 is 0 Å². The van der Waals surface area contributed by atoms with Crippen molar-refractivity contribution < 1.29 is 15.3 Å². The maximum Gasteiger partial charge on any atom is 0.297 e. The molecule has 0 aromatic rings. The lowest BCUT2D eigenvalue weighted by atomic mass is 10.0. The summed E-state index contributed by atoms with van der Waals surface area (Å²) in [4.78, 5) is 0. The molecule has 0 bridgehead atoms. The Morgan fingerprint density at radius 2 is 1.00 bits per heavy atom. The summed E-state index contributed by atoms with van der Waals surface area (Å²) < 4.78 is 0. The van der Waals surface area contributed by atoms with E-state index in [-0.39, 0.29) is 0 Å². The molecule has 21 heavy (non-hydrogen) atoms. The Balaban J connectivity index is 3.08. The first-order valence-electron chi connectivity index (χ1n) is 8.91. The molecule has 0 atom stereocenters. The molecule has 0 saturated heterocycles. The van der Waals surface area contributed by atoms with Crippen molar-refractivity contribution in [2.75, 3.05) is 0 Å². The van der Waals surface area contributed by atoms with Crippen molar-refractivity contribution in [3.63, 3.8) is 0 Å². The molecule has 0 saturated carbocycles. The fourth-order valence-corrected chi connectivity index (χ4v) is 2.52. The van der Waals surface area contributed by atoms with Gasteiger partial charge in [0.1, 0.15) is 0 Å². The van der Waals surface area contributed by atoms with Crippen molar-refractivity contribution >= 4 is 0 Å². The van der Waals surface area contributed by atoms with Gasteiger partial charge in [-0.3, -0.25) is 0 Å². The second-order valence-corrected chi connectivity index (χ2v) is 6.12. The second-order valence-electron chi connectivity index (χ2n) is 6.12. The molecule has 0 aliphatic heterocycles. The van der Waals surface area contributed by atoms with E-state index in [4.69, 9.17) is 15.3 Å². The maximum absolute atomic E-state index is 8.65. The number of rotatable bonds is 15. The van der Waals surface area contributed by atoms with Crippen molar-refractivity contribution in [1.29, 1.82) is 0 Å². The van der Waals surface area contributed by atoms with Crippen LogP contribution in [0.4, 0.5) is 0 Å². The van der Waals surface area contributed by atoms with E-state index in [1.54, 1.807) is 6.08 Å². The van der Waals surface area contributed by atoms with Crippen LogP contribution in [-0.2, 0) is 0 Å². The fraction of sp³-hybridized carbons (Fsp3) is 0.889. The normalized spacial score (nSPS) is 12.4. The Morgan fingerprint density at radius 1 is 0.619 bits per heavy atom. The van der Waals surface area contributed by atoms with E-state index in [9.17, 15) is 0 Å². The number of unbranched alkanes of at least 4 members (excludes halogenated alkanes) is 13. The molecule has 0 aromatic carbocycles. The second kappa shape index (κ2) is 14.6. The zero-order valence-electron chi connectivity index (χ0n) is 13.9. The Bertz CT molecular complexity index is 231. The first kappa shape index (κ1) is 20.6. The van der Waals surface area contributed by atoms with Crippen molar-refractivity contribution in [2.45, 2.75) is 103 Å². The molecule has 0 radical (unpaired) electrons. The van der Waals surface area contributed by atoms with Crippen molar-refractivity contribution in [2.24, 2.45) is 0 Å². The number of allylic oxidation sites excluding steroid dienone is 1. The summed E-state index contributed by atoms with van der Waals surface area (Å²) in [7, 11) is 0. The van der Waals surface area contributed by atoms with Crippen LogP contribution in [0, 0.1) is 0 Å². The molecular formula is C18H36O3. The van der Waals surface area contributed by atoms with E-state index in [0.717, 1.165) is 18.9 Å².